The molecular weight excluding hydrogens is 364 g/mol. The molecule has 1 N–H and O–H groups in total. The highest BCUT2D eigenvalue weighted by atomic mass is 32.2. The molecule has 0 fully saturated rings. The number of aryl methyl sites for hydroxylation is 1. The van der Waals surface area contributed by atoms with E-state index in [1.54, 1.807) is 12.1 Å². The molecule has 1 heterocycles. The molecule has 6 nitrogen and oxygen atoms in total. The van der Waals surface area contributed by atoms with E-state index in [2.05, 4.69) is 5.32 Å². The van der Waals surface area contributed by atoms with Gasteiger partial charge >= 0.3 is 0 Å². The standard InChI is InChI=1S/C20H22N2O4S/c1-3-17(15-10-8-14(2)9-11-15)21-19(23)12-13-22-20(24)16-6-4-5-7-18(16)27(22,25)26/h4-11,17H,3,12-13H2,1-2H3,(H,21,23)/t17-/m0/s1. The number of fused-ring (bicyclic) bond motifs is 1. The van der Waals surface area contributed by atoms with Crippen LogP contribution >= 0.6 is 0 Å². The summed E-state index contributed by atoms with van der Waals surface area (Å²) in [7, 11) is -3.88. The highest BCUT2D eigenvalue weighted by Gasteiger charge is 2.40. The number of carbonyl (C=O) groups is 2. The Hall–Kier alpha value is -2.67. The summed E-state index contributed by atoms with van der Waals surface area (Å²) in [5.41, 5.74) is 2.29. The van der Waals surface area contributed by atoms with Gasteiger partial charge in [-0.25, -0.2) is 12.7 Å². The van der Waals surface area contributed by atoms with E-state index in [9.17, 15) is 18.0 Å². The van der Waals surface area contributed by atoms with Crippen LogP contribution in [0.2, 0.25) is 0 Å². The summed E-state index contributed by atoms with van der Waals surface area (Å²) in [6.07, 6.45) is 0.627. The van der Waals surface area contributed by atoms with Gasteiger partial charge in [0.25, 0.3) is 15.9 Å². The Kier molecular flexibility index (Phi) is 5.32. The monoisotopic (exact) mass is 386 g/mol. The summed E-state index contributed by atoms with van der Waals surface area (Å²) in [5.74, 6) is -0.870. The third-order valence-electron chi connectivity index (χ3n) is 4.68. The molecule has 0 bridgehead atoms. The first-order valence-corrected chi connectivity index (χ1v) is 10.3. The van der Waals surface area contributed by atoms with Crippen LogP contribution in [0, 0.1) is 6.92 Å². The number of amides is 2. The predicted molar refractivity (Wildman–Crippen MR) is 102 cm³/mol. The van der Waals surface area contributed by atoms with E-state index in [0.717, 1.165) is 15.4 Å². The average Bonchev–Trinajstić information content (AvgIpc) is 2.85. The topological polar surface area (TPSA) is 83.6 Å². The van der Waals surface area contributed by atoms with Gasteiger partial charge in [-0.05, 0) is 31.0 Å². The van der Waals surface area contributed by atoms with Gasteiger partial charge < -0.3 is 5.32 Å². The lowest BCUT2D eigenvalue weighted by molar-refractivity contribution is -0.121. The van der Waals surface area contributed by atoms with E-state index < -0.39 is 15.9 Å². The molecule has 0 aromatic heterocycles. The number of rotatable bonds is 6. The van der Waals surface area contributed by atoms with Gasteiger partial charge in [0.15, 0.2) is 0 Å². The van der Waals surface area contributed by atoms with Crippen molar-refractivity contribution < 1.29 is 18.0 Å². The maximum Gasteiger partial charge on any atom is 0.269 e. The first-order valence-electron chi connectivity index (χ1n) is 8.86. The Bertz CT molecular complexity index is 968. The van der Waals surface area contributed by atoms with Crippen molar-refractivity contribution in [2.24, 2.45) is 0 Å². The molecule has 3 rings (SSSR count). The molecule has 7 heteroatoms. The Balaban J connectivity index is 1.66. The van der Waals surface area contributed by atoms with Gasteiger partial charge in [-0.15, -0.1) is 0 Å². The molecule has 1 aliphatic heterocycles. The van der Waals surface area contributed by atoms with Crippen molar-refractivity contribution in [1.82, 2.24) is 9.62 Å². The van der Waals surface area contributed by atoms with Crippen LogP contribution in [0.15, 0.2) is 53.4 Å². The highest BCUT2D eigenvalue weighted by molar-refractivity contribution is 7.90. The Morgan fingerprint density at radius 1 is 1.11 bits per heavy atom. The largest absolute Gasteiger partial charge is 0.349 e. The van der Waals surface area contributed by atoms with Gasteiger partial charge in [-0.2, -0.15) is 0 Å². The van der Waals surface area contributed by atoms with E-state index in [0.29, 0.717) is 6.42 Å². The van der Waals surface area contributed by atoms with Crippen molar-refractivity contribution in [1.29, 1.82) is 0 Å². The molecule has 0 saturated heterocycles. The van der Waals surface area contributed by atoms with Crippen LogP contribution in [0.3, 0.4) is 0 Å². The van der Waals surface area contributed by atoms with E-state index in [1.807, 2.05) is 38.1 Å². The lowest BCUT2D eigenvalue weighted by Gasteiger charge is -2.19. The van der Waals surface area contributed by atoms with Crippen LogP contribution in [-0.2, 0) is 14.8 Å². The summed E-state index contributed by atoms with van der Waals surface area (Å²) in [5, 5.41) is 2.92. The molecule has 0 saturated carbocycles. The van der Waals surface area contributed by atoms with E-state index in [1.165, 1.54) is 12.1 Å². The van der Waals surface area contributed by atoms with Gasteiger partial charge in [0.05, 0.1) is 11.6 Å². The molecule has 27 heavy (non-hydrogen) atoms. The number of hydrogen-bond acceptors (Lipinski definition) is 4. The van der Waals surface area contributed by atoms with Gasteiger partial charge in [-0.3, -0.25) is 9.59 Å². The van der Waals surface area contributed by atoms with Gasteiger partial charge in [-0.1, -0.05) is 48.9 Å². The van der Waals surface area contributed by atoms with Crippen LogP contribution < -0.4 is 5.32 Å². The fraction of sp³-hybridized carbons (Fsp3) is 0.300. The molecule has 0 unspecified atom stereocenters. The molecule has 1 atom stereocenters. The summed E-state index contributed by atoms with van der Waals surface area (Å²) < 4.78 is 25.8. The molecule has 142 valence electrons. The van der Waals surface area contributed by atoms with Crippen LogP contribution in [0.5, 0.6) is 0 Å². The van der Waals surface area contributed by atoms with Gasteiger partial charge in [0.1, 0.15) is 4.90 Å². The summed E-state index contributed by atoms with van der Waals surface area (Å²) in [6.45, 7) is 3.79. The van der Waals surface area contributed by atoms with Crippen molar-refractivity contribution >= 4 is 21.8 Å². The molecule has 2 aromatic carbocycles. The molecule has 2 amide bonds. The summed E-state index contributed by atoms with van der Waals surface area (Å²) in [6, 6.07) is 13.8. The molecule has 0 radical (unpaired) electrons. The second-order valence-electron chi connectivity index (χ2n) is 6.57. The van der Waals surface area contributed by atoms with Crippen molar-refractivity contribution in [2.45, 2.75) is 37.6 Å². The van der Waals surface area contributed by atoms with Crippen molar-refractivity contribution in [3.05, 3.63) is 65.2 Å². The van der Waals surface area contributed by atoms with Crippen LogP contribution in [-0.4, -0.2) is 31.1 Å². The quantitative estimate of drug-likeness (QED) is 0.827. The Morgan fingerprint density at radius 3 is 2.41 bits per heavy atom. The van der Waals surface area contributed by atoms with Crippen molar-refractivity contribution in [3.63, 3.8) is 0 Å². The average molecular weight is 386 g/mol. The third-order valence-corrected chi connectivity index (χ3v) is 6.52. The van der Waals surface area contributed by atoms with Gasteiger partial charge in [0, 0.05) is 13.0 Å². The maximum absolute atomic E-state index is 12.5. The lowest BCUT2D eigenvalue weighted by Crippen LogP contribution is -2.35. The fourth-order valence-electron chi connectivity index (χ4n) is 3.14. The molecule has 0 aliphatic carbocycles. The Morgan fingerprint density at radius 2 is 1.78 bits per heavy atom. The number of sulfonamides is 1. The zero-order valence-corrected chi connectivity index (χ0v) is 16.1. The van der Waals surface area contributed by atoms with E-state index in [-0.39, 0.29) is 35.4 Å². The second-order valence-corrected chi connectivity index (χ2v) is 8.40. The minimum atomic E-state index is -3.88. The number of benzene rings is 2. The van der Waals surface area contributed by atoms with Crippen LogP contribution in [0.1, 0.15) is 47.3 Å². The normalized spacial score (nSPS) is 16.1. The SMILES string of the molecule is CC[C@H](NC(=O)CCN1C(=O)c2ccccc2S1(=O)=O)c1ccc(C)cc1. The van der Waals surface area contributed by atoms with Crippen molar-refractivity contribution in [3.8, 4) is 0 Å². The van der Waals surface area contributed by atoms with Crippen LogP contribution in [0.25, 0.3) is 0 Å². The Labute approximate surface area is 159 Å². The number of nitrogens with one attached hydrogen (secondary N) is 1. The number of hydrogen-bond donors (Lipinski definition) is 1. The molecule has 1 aliphatic rings. The number of nitrogens with zero attached hydrogens (tertiary/aromatic N) is 1. The minimum Gasteiger partial charge on any atom is -0.349 e. The van der Waals surface area contributed by atoms with Gasteiger partial charge in [0.2, 0.25) is 5.91 Å². The summed E-state index contributed by atoms with van der Waals surface area (Å²) >= 11 is 0. The predicted octanol–water partition coefficient (Wildman–Crippen LogP) is 2.80. The minimum absolute atomic E-state index is 0.00139. The molecule has 2 aromatic rings. The second kappa shape index (κ2) is 7.52. The molecule has 0 spiro atoms. The van der Waals surface area contributed by atoms with E-state index >= 15 is 0 Å². The lowest BCUT2D eigenvalue weighted by atomic mass is 10.0. The first-order chi connectivity index (χ1) is 12.8. The van der Waals surface area contributed by atoms with Crippen LogP contribution in [0.4, 0.5) is 0 Å². The first kappa shape index (κ1) is 19.1. The van der Waals surface area contributed by atoms with E-state index in [4.69, 9.17) is 0 Å². The molecular formula is C20H22N2O4S. The maximum atomic E-state index is 12.5. The zero-order chi connectivity index (χ0) is 19.6. The van der Waals surface area contributed by atoms with Crippen molar-refractivity contribution in [2.75, 3.05) is 6.54 Å². The smallest absolute Gasteiger partial charge is 0.269 e. The fourth-order valence-corrected chi connectivity index (χ4v) is 4.71. The highest BCUT2D eigenvalue weighted by Crippen LogP contribution is 2.29. The zero-order valence-electron chi connectivity index (χ0n) is 15.3. The summed E-state index contributed by atoms with van der Waals surface area (Å²) in [4.78, 5) is 24.7. The number of carbonyl (C=O) groups excluding carboxylic acids is 2. The third kappa shape index (κ3) is 3.73.